The molecular formula is C24H19ClN6O. The molecule has 5 rings (SSSR count). The molecule has 0 saturated heterocycles. The number of rotatable bonds is 4. The van der Waals surface area contributed by atoms with Gasteiger partial charge in [-0.15, -0.1) is 0 Å². The summed E-state index contributed by atoms with van der Waals surface area (Å²) in [7, 11) is 0. The van der Waals surface area contributed by atoms with Crippen molar-refractivity contribution < 1.29 is 0 Å². The van der Waals surface area contributed by atoms with Crippen molar-refractivity contribution in [3.8, 4) is 28.5 Å². The van der Waals surface area contributed by atoms with Crippen molar-refractivity contribution in [2.45, 2.75) is 13.8 Å². The molecule has 0 fully saturated rings. The van der Waals surface area contributed by atoms with Crippen LogP contribution in [0.3, 0.4) is 0 Å². The maximum Gasteiger partial charge on any atom is 0.209 e. The average Bonchev–Trinajstić information content (AvgIpc) is 3.45. The molecule has 0 N–H and O–H groups in total. The summed E-state index contributed by atoms with van der Waals surface area (Å²) in [5, 5.41) is 14.0. The summed E-state index contributed by atoms with van der Waals surface area (Å²) in [5.41, 5.74) is 5.20. The molecule has 0 spiro atoms. The highest BCUT2D eigenvalue weighted by molar-refractivity contribution is 6.30. The molecule has 0 radical (unpaired) electrons. The molecule has 2 aromatic carbocycles. The van der Waals surface area contributed by atoms with E-state index in [9.17, 15) is 4.79 Å². The molecule has 8 heteroatoms. The first-order chi connectivity index (χ1) is 15.5. The standard InChI is InChI=1S/C24H19ClN6O/c1-16-13-19(29-11-4-10-26-29)7-8-21(16)30-12-9-22(32)23(28-30)24-17(2)15-27-31(24)20-6-3-5-18(25)14-20/h3-15H,1-2H3. The van der Waals surface area contributed by atoms with E-state index in [1.54, 1.807) is 44.8 Å². The Balaban J connectivity index is 1.63. The van der Waals surface area contributed by atoms with E-state index in [-0.39, 0.29) is 5.43 Å². The van der Waals surface area contributed by atoms with Gasteiger partial charge in [0.25, 0.3) is 0 Å². The van der Waals surface area contributed by atoms with E-state index in [4.69, 9.17) is 16.7 Å². The third kappa shape index (κ3) is 3.52. The lowest BCUT2D eigenvalue weighted by molar-refractivity contribution is 0.815. The van der Waals surface area contributed by atoms with Crippen molar-refractivity contribution >= 4 is 11.6 Å². The Labute approximate surface area is 189 Å². The molecule has 0 bridgehead atoms. The van der Waals surface area contributed by atoms with E-state index >= 15 is 0 Å². The minimum Gasteiger partial charge on any atom is -0.287 e. The Bertz CT molecular complexity index is 1480. The lowest BCUT2D eigenvalue weighted by atomic mass is 10.1. The molecule has 7 nitrogen and oxygen atoms in total. The number of benzene rings is 2. The fraction of sp³-hybridized carbons (Fsp3) is 0.0833. The van der Waals surface area contributed by atoms with E-state index in [1.165, 1.54) is 6.07 Å². The first-order valence-corrected chi connectivity index (χ1v) is 10.4. The van der Waals surface area contributed by atoms with Gasteiger partial charge in [-0.25, -0.2) is 14.0 Å². The molecule has 0 aliphatic rings. The van der Waals surface area contributed by atoms with Crippen LogP contribution in [-0.4, -0.2) is 29.3 Å². The number of hydrogen-bond acceptors (Lipinski definition) is 4. The fourth-order valence-electron chi connectivity index (χ4n) is 3.69. The third-order valence-corrected chi connectivity index (χ3v) is 5.47. The van der Waals surface area contributed by atoms with Crippen LogP contribution in [-0.2, 0) is 0 Å². The Morgan fingerprint density at radius 2 is 1.72 bits per heavy atom. The number of aromatic nitrogens is 6. The maximum atomic E-state index is 12.8. The molecule has 3 aromatic heterocycles. The zero-order valence-corrected chi connectivity index (χ0v) is 18.2. The van der Waals surface area contributed by atoms with Crippen LogP contribution >= 0.6 is 11.6 Å². The first kappa shape index (κ1) is 20.0. The predicted octanol–water partition coefficient (Wildman–Crippen LogP) is 4.54. The van der Waals surface area contributed by atoms with Crippen LogP contribution in [0.5, 0.6) is 0 Å². The highest BCUT2D eigenvalue weighted by Gasteiger charge is 2.18. The molecule has 0 saturated carbocycles. The number of nitrogens with zero attached hydrogens (tertiary/aromatic N) is 6. The van der Waals surface area contributed by atoms with Crippen molar-refractivity contribution in [2.75, 3.05) is 0 Å². The molecule has 0 unspecified atom stereocenters. The Morgan fingerprint density at radius 3 is 2.47 bits per heavy atom. The molecule has 0 aliphatic carbocycles. The van der Waals surface area contributed by atoms with Gasteiger partial charge in [-0.3, -0.25) is 4.79 Å². The van der Waals surface area contributed by atoms with Gasteiger partial charge in [-0.1, -0.05) is 17.7 Å². The van der Waals surface area contributed by atoms with Gasteiger partial charge in [0.05, 0.1) is 23.3 Å². The molecular weight excluding hydrogens is 424 g/mol. The number of halogens is 1. The second kappa shape index (κ2) is 7.94. The zero-order chi connectivity index (χ0) is 22.2. The van der Waals surface area contributed by atoms with Crippen molar-refractivity contribution in [1.29, 1.82) is 0 Å². The van der Waals surface area contributed by atoms with Crippen LogP contribution in [0.1, 0.15) is 11.1 Å². The monoisotopic (exact) mass is 442 g/mol. The summed E-state index contributed by atoms with van der Waals surface area (Å²) in [5.74, 6) is 0. The van der Waals surface area contributed by atoms with Crippen LogP contribution in [0.2, 0.25) is 5.02 Å². The molecule has 0 amide bonds. The molecule has 0 aliphatic heterocycles. The summed E-state index contributed by atoms with van der Waals surface area (Å²) in [6.07, 6.45) is 7.03. The van der Waals surface area contributed by atoms with Gasteiger partial charge < -0.3 is 0 Å². The topological polar surface area (TPSA) is 70.5 Å². The van der Waals surface area contributed by atoms with Crippen LogP contribution in [0.25, 0.3) is 28.5 Å². The number of aryl methyl sites for hydroxylation is 2. The molecule has 5 aromatic rings. The smallest absolute Gasteiger partial charge is 0.209 e. The second-order valence-electron chi connectivity index (χ2n) is 7.46. The van der Waals surface area contributed by atoms with Gasteiger partial charge in [0.1, 0.15) is 5.69 Å². The second-order valence-corrected chi connectivity index (χ2v) is 7.90. The Morgan fingerprint density at radius 1 is 0.844 bits per heavy atom. The van der Waals surface area contributed by atoms with Crippen LogP contribution in [0, 0.1) is 13.8 Å². The Hall–Kier alpha value is -3.97. The maximum absolute atomic E-state index is 12.8. The minimum atomic E-state index is -0.182. The van der Waals surface area contributed by atoms with E-state index in [0.717, 1.165) is 28.2 Å². The lowest BCUT2D eigenvalue weighted by Crippen LogP contribution is -2.16. The quantitative estimate of drug-likeness (QED) is 0.409. The molecule has 32 heavy (non-hydrogen) atoms. The fourth-order valence-corrected chi connectivity index (χ4v) is 3.87. The largest absolute Gasteiger partial charge is 0.287 e. The highest BCUT2D eigenvalue weighted by Crippen LogP contribution is 2.25. The first-order valence-electron chi connectivity index (χ1n) is 10.0. The van der Waals surface area contributed by atoms with Crippen LogP contribution in [0.4, 0.5) is 0 Å². The van der Waals surface area contributed by atoms with Gasteiger partial charge in [-0.2, -0.15) is 15.3 Å². The SMILES string of the molecule is Cc1cc(-n2cccn2)ccc1-n1ccc(=O)c(-c2c(C)cnn2-c2cccc(Cl)c2)n1. The normalized spacial score (nSPS) is 11.1. The van der Waals surface area contributed by atoms with E-state index in [1.807, 2.05) is 56.4 Å². The van der Waals surface area contributed by atoms with E-state index in [2.05, 4.69) is 10.2 Å². The van der Waals surface area contributed by atoms with Gasteiger partial charge in [-0.05, 0) is 67.4 Å². The van der Waals surface area contributed by atoms with Crippen molar-refractivity contribution in [3.63, 3.8) is 0 Å². The summed E-state index contributed by atoms with van der Waals surface area (Å²) in [6.45, 7) is 3.91. The van der Waals surface area contributed by atoms with Crippen LogP contribution in [0.15, 0.2) is 84.2 Å². The van der Waals surface area contributed by atoms with Gasteiger partial charge >= 0.3 is 0 Å². The van der Waals surface area contributed by atoms with Crippen molar-refractivity contribution in [1.82, 2.24) is 29.3 Å². The Kier molecular flexibility index (Phi) is 4.95. The summed E-state index contributed by atoms with van der Waals surface area (Å²) < 4.78 is 5.21. The average molecular weight is 443 g/mol. The van der Waals surface area contributed by atoms with Crippen LogP contribution < -0.4 is 5.43 Å². The van der Waals surface area contributed by atoms with E-state index < -0.39 is 0 Å². The minimum absolute atomic E-state index is 0.182. The third-order valence-electron chi connectivity index (χ3n) is 5.23. The van der Waals surface area contributed by atoms with Gasteiger partial charge in [0, 0.05) is 29.7 Å². The molecule has 158 valence electrons. The van der Waals surface area contributed by atoms with Gasteiger partial charge in [0.2, 0.25) is 5.43 Å². The molecule has 3 heterocycles. The summed E-state index contributed by atoms with van der Waals surface area (Å²) in [6, 6.07) is 16.7. The van der Waals surface area contributed by atoms with Crippen molar-refractivity contribution in [2.24, 2.45) is 0 Å². The summed E-state index contributed by atoms with van der Waals surface area (Å²) >= 11 is 6.17. The lowest BCUT2D eigenvalue weighted by Gasteiger charge is -2.13. The predicted molar refractivity (Wildman–Crippen MR) is 124 cm³/mol. The highest BCUT2D eigenvalue weighted by atomic mass is 35.5. The zero-order valence-electron chi connectivity index (χ0n) is 17.5. The number of hydrogen-bond donors (Lipinski definition) is 0. The molecule has 0 atom stereocenters. The van der Waals surface area contributed by atoms with Gasteiger partial charge in [0.15, 0.2) is 5.69 Å². The van der Waals surface area contributed by atoms with Crippen molar-refractivity contribution in [3.05, 3.63) is 106 Å². The van der Waals surface area contributed by atoms with E-state index in [0.29, 0.717) is 16.4 Å². The summed E-state index contributed by atoms with van der Waals surface area (Å²) in [4.78, 5) is 12.8.